The molecule has 0 unspecified atom stereocenters. The second-order valence-electron chi connectivity index (χ2n) is 7.16. The zero-order valence-electron chi connectivity index (χ0n) is 17.0. The number of likely N-dealkylation sites (N-methyl/N-ethyl adjacent to an activating group) is 1. The number of carbonyl (C=O) groups is 2. The summed E-state index contributed by atoms with van der Waals surface area (Å²) in [5.74, 6) is 0.0297. The molecule has 7 nitrogen and oxygen atoms in total. The Morgan fingerprint density at radius 2 is 1.75 bits per heavy atom. The summed E-state index contributed by atoms with van der Waals surface area (Å²) in [6.07, 6.45) is 0. The number of amides is 2. The Morgan fingerprint density at radius 3 is 2.32 bits per heavy atom. The normalized spacial score (nSPS) is 10.8. The van der Waals surface area contributed by atoms with Crippen molar-refractivity contribution in [1.82, 2.24) is 14.8 Å². The molecule has 0 aliphatic carbocycles. The summed E-state index contributed by atoms with van der Waals surface area (Å²) in [5.41, 5.74) is 3.02. The number of carbonyl (C=O) groups excluding carboxylic acids is 2. The number of hydrogen-bond donors (Lipinski definition) is 2. The zero-order chi connectivity index (χ0) is 20.8. The van der Waals surface area contributed by atoms with Crippen LogP contribution in [0.5, 0.6) is 0 Å². The van der Waals surface area contributed by atoms with Crippen molar-refractivity contribution in [3.05, 3.63) is 47.2 Å². The lowest BCUT2D eigenvalue weighted by Gasteiger charge is -2.18. The second kappa shape index (κ2) is 9.20. The van der Waals surface area contributed by atoms with E-state index < -0.39 is 0 Å². The topological polar surface area (TPSA) is 90.2 Å². The number of para-hydroxylation sites is 1. The first-order valence-corrected chi connectivity index (χ1v) is 9.19. The molecule has 0 atom stereocenters. The maximum Gasteiger partial charge on any atom is 0.239 e. The van der Waals surface area contributed by atoms with Crippen LogP contribution in [0.15, 0.2) is 30.3 Å². The van der Waals surface area contributed by atoms with Gasteiger partial charge in [0.2, 0.25) is 11.8 Å². The number of hydrogen-bond acceptors (Lipinski definition) is 4. The summed E-state index contributed by atoms with van der Waals surface area (Å²) in [6, 6.07) is 11.8. The molecule has 0 spiro atoms. The molecule has 2 amide bonds. The monoisotopic (exact) mass is 381 g/mol. The summed E-state index contributed by atoms with van der Waals surface area (Å²) in [5, 5.41) is 15.3. The summed E-state index contributed by atoms with van der Waals surface area (Å²) >= 11 is 0. The Kier molecular flexibility index (Phi) is 6.96. The van der Waals surface area contributed by atoms with Crippen LogP contribution in [0.2, 0.25) is 0 Å². The first-order chi connectivity index (χ1) is 13.2. The van der Waals surface area contributed by atoms with Gasteiger partial charge in [0.15, 0.2) is 0 Å². The third kappa shape index (κ3) is 4.99. The highest BCUT2D eigenvalue weighted by Crippen LogP contribution is 2.29. The quantitative estimate of drug-likeness (QED) is 0.770. The van der Waals surface area contributed by atoms with Gasteiger partial charge in [-0.3, -0.25) is 19.1 Å². The fourth-order valence-corrected chi connectivity index (χ4v) is 3.05. The Labute approximate surface area is 165 Å². The minimum atomic E-state index is -0.286. The van der Waals surface area contributed by atoms with Gasteiger partial charge in [0.1, 0.15) is 11.9 Å². The van der Waals surface area contributed by atoms with E-state index in [1.807, 2.05) is 62.6 Å². The number of aromatic nitrogens is 1. The van der Waals surface area contributed by atoms with Gasteiger partial charge >= 0.3 is 0 Å². The third-order valence-electron chi connectivity index (χ3n) is 4.37. The fourth-order valence-electron chi connectivity index (χ4n) is 3.05. The van der Waals surface area contributed by atoms with Gasteiger partial charge in [0, 0.05) is 17.4 Å². The largest absolute Gasteiger partial charge is 0.353 e. The zero-order valence-corrected chi connectivity index (χ0v) is 17.0. The van der Waals surface area contributed by atoms with Gasteiger partial charge in [-0.05, 0) is 52.4 Å². The molecular formula is C21H27N5O2. The van der Waals surface area contributed by atoms with Gasteiger partial charge in [-0.2, -0.15) is 5.26 Å². The first kappa shape index (κ1) is 21.2. The standard InChI is InChI=1S/C21H27N5O2/c1-14(2)23-19(27)12-25(5)13-20(28)24-21-18(11-22)15(3)16(4)26(21)17-9-7-6-8-10-17/h6-10,14H,12-13H2,1-5H3,(H,23,27)(H,24,28). The van der Waals surface area contributed by atoms with Gasteiger partial charge in [-0.25, -0.2) is 0 Å². The van der Waals surface area contributed by atoms with Crippen molar-refractivity contribution in [2.24, 2.45) is 0 Å². The molecule has 0 aliphatic heterocycles. The van der Waals surface area contributed by atoms with E-state index in [2.05, 4.69) is 16.7 Å². The van der Waals surface area contributed by atoms with Gasteiger partial charge in [-0.1, -0.05) is 18.2 Å². The molecule has 0 saturated carbocycles. The molecule has 7 heteroatoms. The predicted octanol–water partition coefficient (Wildman–Crippen LogP) is 2.36. The molecule has 0 aliphatic rings. The summed E-state index contributed by atoms with van der Waals surface area (Å²) in [7, 11) is 1.71. The summed E-state index contributed by atoms with van der Waals surface area (Å²) in [6.45, 7) is 7.71. The van der Waals surface area contributed by atoms with Crippen molar-refractivity contribution >= 4 is 17.6 Å². The predicted molar refractivity (Wildman–Crippen MR) is 109 cm³/mol. The average Bonchev–Trinajstić information content (AvgIpc) is 2.84. The van der Waals surface area contributed by atoms with Crippen LogP contribution < -0.4 is 10.6 Å². The van der Waals surface area contributed by atoms with Crippen molar-refractivity contribution in [2.45, 2.75) is 33.7 Å². The van der Waals surface area contributed by atoms with Gasteiger partial charge in [0.25, 0.3) is 0 Å². The van der Waals surface area contributed by atoms with E-state index >= 15 is 0 Å². The van der Waals surface area contributed by atoms with Crippen LogP contribution in [0.3, 0.4) is 0 Å². The maximum atomic E-state index is 12.6. The molecule has 2 N–H and O–H groups in total. The van der Waals surface area contributed by atoms with E-state index in [0.29, 0.717) is 11.4 Å². The minimum absolute atomic E-state index is 0.0362. The Balaban J connectivity index is 2.21. The molecule has 1 aromatic carbocycles. The van der Waals surface area contributed by atoms with Crippen LogP contribution >= 0.6 is 0 Å². The number of nitrogens with one attached hydrogen (secondary N) is 2. The first-order valence-electron chi connectivity index (χ1n) is 9.19. The highest BCUT2D eigenvalue weighted by atomic mass is 16.2. The number of anilines is 1. The van der Waals surface area contributed by atoms with Crippen molar-refractivity contribution < 1.29 is 9.59 Å². The van der Waals surface area contributed by atoms with Crippen LogP contribution in [0.4, 0.5) is 5.82 Å². The molecule has 2 aromatic rings. The highest BCUT2D eigenvalue weighted by molar-refractivity contribution is 5.94. The van der Waals surface area contributed by atoms with Crippen LogP contribution in [-0.2, 0) is 9.59 Å². The van der Waals surface area contributed by atoms with E-state index in [-0.39, 0.29) is 30.9 Å². The second-order valence-corrected chi connectivity index (χ2v) is 7.16. The van der Waals surface area contributed by atoms with Crippen LogP contribution in [0.1, 0.15) is 30.7 Å². The maximum absolute atomic E-state index is 12.6. The van der Waals surface area contributed by atoms with E-state index in [0.717, 1.165) is 16.9 Å². The summed E-state index contributed by atoms with van der Waals surface area (Å²) < 4.78 is 1.87. The SMILES string of the molecule is Cc1c(C#N)c(NC(=O)CN(C)CC(=O)NC(C)C)n(-c2ccccc2)c1C. The molecule has 1 heterocycles. The highest BCUT2D eigenvalue weighted by Gasteiger charge is 2.21. The van der Waals surface area contributed by atoms with Crippen molar-refractivity contribution in [3.8, 4) is 11.8 Å². The Bertz CT molecular complexity index is 894. The van der Waals surface area contributed by atoms with E-state index in [1.54, 1.807) is 11.9 Å². The molecule has 0 fully saturated rings. The lowest BCUT2D eigenvalue weighted by atomic mass is 10.2. The molecule has 0 bridgehead atoms. The van der Waals surface area contributed by atoms with E-state index in [4.69, 9.17) is 0 Å². The molecular weight excluding hydrogens is 354 g/mol. The van der Waals surface area contributed by atoms with Crippen molar-refractivity contribution in [3.63, 3.8) is 0 Å². The Morgan fingerprint density at radius 1 is 1.14 bits per heavy atom. The Hall–Kier alpha value is -3.11. The van der Waals surface area contributed by atoms with E-state index in [9.17, 15) is 14.9 Å². The van der Waals surface area contributed by atoms with Gasteiger partial charge < -0.3 is 10.6 Å². The van der Waals surface area contributed by atoms with Crippen molar-refractivity contribution in [2.75, 3.05) is 25.5 Å². The smallest absolute Gasteiger partial charge is 0.239 e. The van der Waals surface area contributed by atoms with E-state index in [1.165, 1.54) is 0 Å². The third-order valence-corrected chi connectivity index (χ3v) is 4.37. The van der Waals surface area contributed by atoms with Gasteiger partial charge in [0.05, 0.1) is 18.7 Å². The van der Waals surface area contributed by atoms with Gasteiger partial charge in [-0.15, -0.1) is 0 Å². The number of nitriles is 1. The van der Waals surface area contributed by atoms with Crippen LogP contribution in [0.25, 0.3) is 5.69 Å². The minimum Gasteiger partial charge on any atom is -0.353 e. The molecule has 148 valence electrons. The molecule has 0 saturated heterocycles. The lowest BCUT2D eigenvalue weighted by Crippen LogP contribution is -2.41. The number of benzene rings is 1. The fraction of sp³-hybridized carbons (Fsp3) is 0.381. The molecule has 2 rings (SSSR count). The molecule has 28 heavy (non-hydrogen) atoms. The van der Waals surface area contributed by atoms with Crippen LogP contribution in [0, 0.1) is 25.2 Å². The van der Waals surface area contributed by atoms with Crippen molar-refractivity contribution in [1.29, 1.82) is 5.26 Å². The number of rotatable bonds is 7. The summed E-state index contributed by atoms with van der Waals surface area (Å²) in [4.78, 5) is 26.1. The lowest BCUT2D eigenvalue weighted by molar-refractivity contribution is -0.123. The number of nitrogens with zero attached hydrogens (tertiary/aromatic N) is 3. The average molecular weight is 381 g/mol. The van der Waals surface area contributed by atoms with Crippen LogP contribution in [-0.4, -0.2) is 47.5 Å². The molecule has 0 radical (unpaired) electrons. The molecule has 1 aromatic heterocycles.